The minimum absolute atomic E-state index is 0. The molecule has 0 spiro atoms. The lowest BCUT2D eigenvalue weighted by atomic mass is 10.1. The first kappa shape index (κ1) is 21.9. The van der Waals surface area contributed by atoms with E-state index >= 15 is 0 Å². The van der Waals surface area contributed by atoms with Crippen molar-refractivity contribution >= 4 is 49.9 Å². The maximum absolute atomic E-state index is 10.6. The zero-order valence-corrected chi connectivity index (χ0v) is 19.7. The Morgan fingerprint density at radius 2 is 1.94 bits per heavy atom. The van der Waals surface area contributed by atoms with Crippen molar-refractivity contribution in [2.75, 3.05) is 25.0 Å². The van der Waals surface area contributed by atoms with Gasteiger partial charge in [0, 0.05) is 43.2 Å². The Hall–Kier alpha value is -2.27. The molecule has 1 saturated heterocycles. The quantitative estimate of drug-likeness (QED) is 0.448. The largest absolute Gasteiger partial charge is 0.506 e. The Morgan fingerprint density at radius 3 is 2.61 bits per heavy atom. The monoisotopic (exact) mass is 477 g/mol. The van der Waals surface area contributed by atoms with Crippen LogP contribution in [0.2, 0.25) is 0 Å². The van der Waals surface area contributed by atoms with Gasteiger partial charge in [-0.1, -0.05) is 22.7 Å². The fourth-order valence-corrected chi connectivity index (χ4v) is 5.77. The van der Waals surface area contributed by atoms with Gasteiger partial charge in [0.05, 0.1) is 6.20 Å². The molecule has 0 bridgehead atoms. The molecule has 0 atom stereocenters. The van der Waals surface area contributed by atoms with Gasteiger partial charge in [-0.05, 0) is 38.9 Å². The molecular weight excluding hydrogens is 454 g/mol. The van der Waals surface area contributed by atoms with Crippen molar-refractivity contribution in [3.63, 3.8) is 0 Å². The lowest BCUT2D eigenvalue weighted by Gasteiger charge is -2.31. The summed E-state index contributed by atoms with van der Waals surface area (Å²) < 4.78 is 1.85. The van der Waals surface area contributed by atoms with Crippen molar-refractivity contribution in [1.82, 2.24) is 30.0 Å². The minimum Gasteiger partial charge on any atom is -0.506 e. The molecule has 0 saturated carbocycles. The number of hydrogen-bond donors (Lipinski definition) is 2. The smallest absolute Gasteiger partial charge is 0.188 e. The van der Waals surface area contributed by atoms with Crippen LogP contribution in [0.1, 0.15) is 19.8 Å². The number of anilines is 1. The third-order valence-electron chi connectivity index (χ3n) is 5.48. The van der Waals surface area contributed by atoms with Crippen LogP contribution < -0.4 is 10.2 Å². The molecule has 2 N–H and O–H groups in total. The molecule has 1 fully saturated rings. The summed E-state index contributed by atoms with van der Waals surface area (Å²) in [5.41, 5.74) is 2.25. The fraction of sp³-hybridized carbons (Fsp3) is 0.400. The summed E-state index contributed by atoms with van der Waals surface area (Å²) in [5, 5.41) is 20.0. The Bertz CT molecular complexity index is 1150. The van der Waals surface area contributed by atoms with Crippen LogP contribution in [0.25, 0.3) is 31.5 Å². The van der Waals surface area contributed by atoms with Crippen LogP contribution in [0.4, 0.5) is 5.13 Å². The second kappa shape index (κ2) is 9.07. The minimum atomic E-state index is 0. The summed E-state index contributed by atoms with van der Waals surface area (Å²) in [7, 11) is 2.12. The molecule has 0 radical (unpaired) electrons. The van der Waals surface area contributed by atoms with Crippen LogP contribution in [0.5, 0.6) is 5.75 Å². The number of pyridine rings is 1. The highest BCUT2D eigenvalue weighted by Gasteiger charge is 2.22. The predicted molar refractivity (Wildman–Crippen MR) is 129 cm³/mol. The first-order chi connectivity index (χ1) is 14.6. The van der Waals surface area contributed by atoms with E-state index in [2.05, 4.69) is 27.3 Å². The van der Waals surface area contributed by atoms with Gasteiger partial charge in [-0.3, -0.25) is 4.68 Å². The molecule has 1 aliphatic heterocycles. The van der Waals surface area contributed by atoms with Crippen molar-refractivity contribution in [3.8, 4) is 27.6 Å². The number of hydrogen-bond acceptors (Lipinski definition) is 9. The Labute approximate surface area is 194 Å². The van der Waals surface area contributed by atoms with Gasteiger partial charge in [-0.2, -0.15) is 5.10 Å². The summed E-state index contributed by atoms with van der Waals surface area (Å²) in [4.78, 5) is 18.1. The van der Waals surface area contributed by atoms with Gasteiger partial charge < -0.3 is 15.3 Å². The highest BCUT2D eigenvalue weighted by molar-refractivity contribution is 7.29. The first-order valence-electron chi connectivity index (χ1n) is 10.1. The Morgan fingerprint density at radius 1 is 1.16 bits per heavy atom. The second-order valence-corrected chi connectivity index (χ2v) is 9.33. The molecule has 31 heavy (non-hydrogen) atoms. The standard InChI is InChI=1S/C20H23N7OS2.ClH/c1-3-27-11-13(10-23-27)12-8-15(28)16(22-9-12)17-24-18-19(29-17)25-20(30-18)26(2)14-4-6-21-7-5-14;/h8-11,14,21,28H,3-7H2,1-2H3;1H. The Kier molecular flexibility index (Phi) is 6.42. The molecule has 11 heteroatoms. The molecule has 5 heterocycles. The van der Waals surface area contributed by atoms with Crippen molar-refractivity contribution in [2.24, 2.45) is 0 Å². The van der Waals surface area contributed by atoms with Crippen LogP contribution in [-0.2, 0) is 6.54 Å². The van der Waals surface area contributed by atoms with Crippen LogP contribution in [0.15, 0.2) is 24.7 Å². The number of rotatable bonds is 5. The van der Waals surface area contributed by atoms with Gasteiger partial charge in [0.25, 0.3) is 0 Å². The predicted octanol–water partition coefficient (Wildman–Crippen LogP) is 4.01. The molecule has 0 aliphatic carbocycles. The maximum atomic E-state index is 10.6. The van der Waals surface area contributed by atoms with Crippen LogP contribution in [0.3, 0.4) is 0 Å². The number of nitrogens with zero attached hydrogens (tertiary/aromatic N) is 6. The summed E-state index contributed by atoms with van der Waals surface area (Å²) >= 11 is 3.07. The summed E-state index contributed by atoms with van der Waals surface area (Å²) in [6, 6.07) is 2.24. The molecule has 5 rings (SSSR count). The third-order valence-corrected chi connectivity index (χ3v) is 7.61. The average molecular weight is 478 g/mol. The summed E-state index contributed by atoms with van der Waals surface area (Å²) in [5.74, 6) is 0.116. The number of halogens is 1. The summed E-state index contributed by atoms with van der Waals surface area (Å²) in [6.45, 7) is 4.94. The van der Waals surface area contributed by atoms with E-state index in [1.165, 1.54) is 11.3 Å². The van der Waals surface area contributed by atoms with E-state index in [9.17, 15) is 5.11 Å². The molecule has 4 aromatic rings. The SMILES string of the molecule is CCn1cc(-c2cnc(-c3nc4sc(N(C)C5CCNCC5)nc4s3)c(O)c2)cn1.Cl. The topological polar surface area (TPSA) is 92.0 Å². The van der Waals surface area contributed by atoms with Gasteiger partial charge in [0.1, 0.15) is 16.5 Å². The molecule has 164 valence electrons. The van der Waals surface area contributed by atoms with Crippen molar-refractivity contribution < 1.29 is 5.11 Å². The van der Waals surface area contributed by atoms with Crippen molar-refractivity contribution in [3.05, 3.63) is 24.7 Å². The summed E-state index contributed by atoms with van der Waals surface area (Å²) in [6.07, 6.45) is 7.74. The van der Waals surface area contributed by atoms with Gasteiger partial charge in [0.2, 0.25) is 0 Å². The van der Waals surface area contributed by atoms with Crippen LogP contribution in [0, 0.1) is 0 Å². The van der Waals surface area contributed by atoms with E-state index in [1.807, 2.05) is 17.8 Å². The average Bonchev–Trinajstić information content (AvgIpc) is 3.48. The zero-order valence-electron chi connectivity index (χ0n) is 17.3. The Balaban J connectivity index is 0.00000231. The van der Waals surface area contributed by atoms with Crippen LogP contribution >= 0.6 is 35.1 Å². The molecule has 1 aliphatic rings. The third kappa shape index (κ3) is 4.25. The number of aromatic hydroxyl groups is 1. The molecule has 0 amide bonds. The number of aryl methyl sites for hydroxylation is 1. The lowest BCUT2D eigenvalue weighted by Crippen LogP contribution is -2.41. The fourth-order valence-electron chi connectivity index (χ4n) is 3.70. The zero-order chi connectivity index (χ0) is 20.7. The number of aromatic nitrogens is 5. The number of fused-ring (bicyclic) bond motifs is 1. The number of nitrogens with one attached hydrogen (secondary N) is 1. The van der Waals surface area contributed by atoms with Crippen molar-refractivity contribution in [1.29, 1.82) is 0 Å². The highest BCUT2D eigenvalue weighted by atomic mass is 35.5. The molecular formula is C20H24ClN7OS2. The molecule has 4 aromatic heterocycles. The number of piperidine rings is 1. The van der Waals surface area contributed by atoms with Crippen molar-refractivity contribution in [2.45, 2.75) is 32.4 Å². The van der Waals surface area contributed by atoms with E-state index in [1.54, 1.807) is 29.8 Å². The highest BCUT2D eigenvalue weighted by Crippen LogP contribution is 2.39. The normalized spacial score (nSPS) is 14.6. The van der Waals surface area contributed by atoms with Gasteiger partial charge in [-0.15, -0.1) is 12.4 Å². The van der Waals surface area contributed by atoms with E-state index in [4.69, 9.17) is 9.97 Å². The molecule has 8 nitrogen and oxygen atoms in total. The molecule has 0 aromatic carbocycles. The number of thiazole rings is 2. The van der Waals surface area contributed by atoms with E-state index < -0.39 is 0 Å². The maximum Gasteiger partial charge on any atom is 0.188 e. The first-order valence-corrected chi connectivity index (χ1v) is 11.7. The van der Waals surface area contributed by atoms with E-state index in [0.29, 0.717) is 16.7 Å². The van der Waals surface area contributed by atoms with Gasteiger partial charge >= 0.3 is 0 Å². The lowest BCUT2D eigenvalue weighted by molar-refractivity contribution is 0.443. The van der Waals surface area contributed by atoms with Crippen LogP contribution in [-0.4, -0.2) is 56.0 Å². The van der Waals surface area contributed by atoms with Gasteiger partial charge in [-0.25, -0.2) is 15.0 Å². The van der Waals surface area contributed by atoms with E-state index in [-0.39, 0.29) is 18.2 Å². The van der Waals surface area contributed by atoms with Gasteiger partial charge in [0.15, 0.2) is 14.8 Å². The molecule has 0 unspecified atom stereocenters. The van der Waals surface area contributed by atoms with E-state index in [0.717, 1.165) is 58.4 Å². The second-order valence-electron chi connectivity index (χ2n) is 7.39.